The summed E-state index contributed by atoms with van der Waals surface area (Å²) in [5, 5.41) is 0. The molecule has 4 heteroatoms. The van der Waals surface area contributed by atoms with E-state index in [1.165, 1.54) is 0 Å². The predicted molar refractivity (Wildman–Crippen MR) is 17.3 cm³/mol. The minimum absolute atomic E-state index is 0. The molecule has 0 spiro atoms. The molecule has 0 aromatic rings. The maximum atomic E-state index is 0. The first-order valence-electron chi connectivity index (χ1n) is 0. The monoisotopic (exact) mass is 292 g/mol. The van der Waals surface area contributed by atoms with Crippen LogP contribution in [0.1, 0.15) is 0 Å². The van der Waals surface area contributed by atoms with Crippen LogP contribution in [0.25, 0.3) is 0 Å². The molecule has 0 aromatic heterocycles. The molecule has 0 aliphatic rings. The van der Waals surface area contributed by atoms with Crippen LogP contribution in [0.2, 0.25) is 0 Å². The second kappa shape index (κ2) is 19.0. The molecule has 0 heterocycles. The normalized spacial score (nSPS) is 0. The van der Waals surface area contributed by atoms with Crippen LogP contribution in [0.3, 0.4) is 0 Å². The largest absolute Gasteiger partial charge is 2.00 e. The zero-order valence-electron chi connectivity index (χ0n) is 1.70. The topological polar surface area (TPSA) is 0 Å². The summed E-state index contributed by atoms with van der Waals surface area (Å²) in [7, 11) is 0. The first-order valence-corrected chi connectivity index (χ1v) is 0. The van der Waals surface area contributed by atoms with E-state index < -0.39 is 0 Å². The molecule has 0 nitrogen and oxygen atoms in total. The van der Waals surface area contributed by atoms with Gasteiger partial charge in [0.1, 0.15) is 0 Å². The molecule has 4 heavy (non-hydrogen) atoms. The van der Waals surface area contributed by atoms with E-state index >= 15 is 0 Å². The van der Waals surface area contributed by atoms with Crippen molar-refractivity contribution in [1.82, 2.24) is 0 Å². The van der Waals surface area contributed by atoms with Gasteiger partial charge in [0, 0.05) is 19.8 Å². The van der Waals surface area contributed by atoms with Gasteiger partial charge in [-0.15, -0.1) is 0 Å². The summed E-state index contributed by atoms with van der Waals surface area (Å²) in [4.78, 5) is 0. The van der Waals surface area contributed by atoms with Crippen LogP contribution in [0, 0.1) is 0 Å². The van der Waals surface area contributed by atoms with Gasteiger partial charge in [0.25, 0.3) is 0 Å². The van der Waals surface area contributed by atoms with Crippen molar-refractivity contribution in [3.05, 3.63) is 0 Å². The van der Waals surface area contributed by atoms with Gasteiger partial charge in [-0.1, -0.05) is 0 Å². The van der Waals surface area contributed by atoms with E-state index in [1.54, 1.807) is 0 Å². The fourth-order valence-electron chi connectivity index (χ4n) is 0. The predicted octanol–water partition coefficient (Wildman–Crippen LogP) is -1.14. The second-order valence-electron chi connectivity index (χ2n) is 0. The van der Waals surface area contributed by atoms with Gasteiger partial charge >= 0.3 is 17.1 Å². The molecule has 0 saturated heterocycles. The molecule has 0 bridgehead atoms. The minimum Gasteiger partial charge on any atom is -2.00 e. The molecular formula is CuGaSe2-2. The number of rotatable bonds is 0. The summed E-state index contributed by atoms with van der Waals surface area (Å²) in [6.07, 6.45) is 0. The average molecular weight is 291 g/mol. The van der Waals surface area contributed by atoms with Crippen molar-refractivity contribution in [3.8, 4) is 0 Å². The molecule has 0 aromatic carbocycles. The fourth-order valence-corrected chi connectivity index (χ4v) is 0. The molecule has 0 N–H and O–H groups in total. The molecule has 0 saturated carbocycles. The van der Waals surface area contributed by atoms with Gasteiger partial charge < -0.3 is 34.1 Å². The smallest absolute Gasteiger partial charge is 2.00 e. The summed E-state index contributed by atoms with van der Waals surface area (Å²) >= 11 is 0. The Labute approximate surface area is 70.3 Å². The van der Waals surface area contributed by atoms with Crippen molar-refractivity contribution in [2.45, 2.75) is 0 Å². The molecule has 0 atom stereocenters. The first-order chi connectivity index (χ1) is 0. The second-order valence-corrected chi connectivity index (χ2v) is 0. The Morgan fingerprint density at radius 1 is 0.750 bits per heavy atom. The Kier molecular flexibility index (Phi) is 165. The number of hydrogen-bond acceptors (Lipinski definition) is 0. The van der Waals surface area contributed by atoms with E-state index in [0.29, 0.717) is 0 Å². The Bertz CT molecular complexity index is 6.00. The first kappa shape index (κ1) is 34.7. The Morgan fingerprint density at radius 2 is 0.750 bits per heavy atom. The Balaban J connectivity index is 0. The van der Waals surface area contributed by atoms with E-state index in [2.05, 4.69) is 0 Å². The van der Waals surface area contributed by atoms with E-state index in [0.717, 1.165) is 0 Å². The van der Waals surface area contributed by atoms with Crippen LogP contribution in [0.4, 0.5) is 0 Å². The van der Waals surface area contributed by atoms with Gasteiger partial charge in [-0.3, -0.25) is 0 Å². The standard InChI is InChI=1S/Cu.Ga.2Se/q+2;;2*-2. The van der Waals surface area contributed by atoms with Crippen molar-refractivity contribution in [2.75, 3.05) is 0 Å². The van der Waals surface area contributed by atoms with Gasteiger partial charge in [0.2, 0.25) is 0 Å². The van der Waals surface area contributed by atoms with Crippen molar-refractivity contribution >= 4 is 53.9 Å². The molecule has 0 aliphatic heterocycles. The van der Waals surface area contributed by atoms with Crippen molar-refractivity contribution < 1.29 is 17.1 Å². The minimum atomic E-state index is 0. The zero-order chi connectivity index (χ0) is 0. The summed E-state index contributed by atoms with van der Waals surface area (Å²) in [5.74, 6) is 0. The molecule has 4 radical (unpaired) electrons. The van der Waals surface area contributed by atoms with Crippen molar-refractivity contribution in [1.29, 1.82) is 0 Å². The molecular weight excluding hydrogens is 291 g/mol. The van der Waals surface area contributed by atoms with Gasteiger partial charge in [-0.25, -0.2) is 0 Å². The zero-order valence-corrected chi connectivity index (χ0v) is 8.49. The van der Waals surface area contributed by atoms with Crippen LogP contribution >= 0.6 is 0 Å². The molecule has 28 valence electrons. The van der Waals surface area contributed by atoms with Crippen LogP contribution in [-0.4, -0.2) is 53.9 Å². The Hall–Kier alpha value is 2.19. The quantitative estimate of drug-likeness (QED) is 0.495. The van der Waals surface area contributed by atoms with Gasteiger partial charge in [0.05, 0.1) is 0 Å². The van der Waals surface area contributed by atoms with Gasteiger partial charge in [-0.05, 0) is 0 Å². The summed E-state index contributed by atoms with van der Waals surface area (Å²) in [6.45, 7) is 0. The van der Waals surface area contributed by atoms with Gasteiger partial charge in [-0.2, -0.15) is 0 Å². The number of hydrogen-bond donors (Lipinski definition) is 0. The van der Waals surface area contributed by atoms with Gasteiger partial charge in [0.15, 0.2) is 0 Å². The third-order valence-corrected chi connectivity index (χ3v) is 0. The van der Waals surface area contributed by atoms with Crippen molar-refractivity contribution in [2.24, 2.45) is 0 Å². The van der Waals surface area contributed by atoms with Crippen LogP contribution in [0.15, 0.2) is 0 Å². The summed E-state index contributed by atoms with van der Waals surface area (Å²) in [6, 6.07) is 0. The van der Waals surface area contributed by atoms with E-state index in [4.69, 9.17) is 0 Å². The van der Waals surface area contributed by atoms with Crippen LogP contribution in [-0.2, 0) is 17.1 Å². The summed E-state index contributed by atoms with van der Waals surface area (Å²) < 4.78 is 0. The van der Waals surface area contributed by atoms with Crippen LogP contribution in [0.5, 0.6) is 0 Å². The third-order valence-electron chi connectivity index (χ3n) is 0. The average Bonchev–Trinajstić information content (AvgIpc) is 0. The maximum Gasteiger partial charge on any atom is 2.00 e. The molecule has 0 unspecified atom stereocenters. The SMILES string of the molecule is [Cu+2].[Ga].[Se-2].[Se-2]. The molecule has 0 aliphatic carbocycles. The van der Waals surface area contributed by atoms with Crippen LogP contribution < -0.4 is 0 Å². The van der Waals surface area contributed by atoms with E-state index in [-0.39, 0.29) is 71.0 Å². The fraction of sp³-hybridized carbons (Fsp3) is 0. The maximum absolute atomic E-state index is 0. The van der Waals surface area contributed by atoms with E-state index in [1.807, 2.05) is 0 Å². The van der Waals surface area contributed by atoms with Crippen molar-refractivity contribution in [3.63, 3.8) is 0 Å². The third kappa shape index (κ3) is 8.89. The van der Waals surface area contributed by atoms with E-state index in [9.17, 15) is 0 Å². The summed E-state index contributed by atoms with van der Waals surface area (Å²) in [5.41, 5.74) is 0. The Morgan fingerprint density at radius 3 is 0.750 bits per heavy atom. The molecule has 0 amide bonds. The molecule has 0 fully saturated rings. The molecule has 0 rings (SSSR count).